The van der Waals surface area contributed by atoms with E-state index in [4.69, 9.17) is 0 Å². The highest BCUT2D eigenvalue weighted by atomic mass is 19.1. The molecule has 2 aromatic rings. The summed E-state index contributed by atoms with van der Waals surface area (Å²) in [4.78, 5) is 0. The van der Waals surface area contributed by atoms with Gasteiger partial charge in [-0.15, -0.1) is 0 Å². The maximum Gasteiger partial charge on any atom is 0.123 e. The molecule has 0 aliphatic heterocycles. The normalized spacial score (nSPS) is 12.8. The van der Waals surface area contributed by atoms with Gasteiger partial charge in [0.25, 0.3) is 0 Å². The Balaban J connectivity index is 2.41. The molecular weight excluding hydrogens is 205 g/mol. The van der Waals surface area contributed by atoms with Crippen molar-refractivity contribution in [2.45, 2.75) is 13.0 Å². The van der Waals surface area contributed by atoms with Crippen LogP contribution >= 0.6 is 0 Å². The lowest BCUT2D eigenvalue weighted by Gasteiger charge is -2.14. The minimum atomic E-state index is -0.708. The third-order valence-corrected chi connectivity index (χ3v) is 2.79. The molecule has 0 bridgehead atoms. The maximum absolute atomic E-state index is 12.9. The van der Waals surface area contributed by atoms with Gasteiger partial charge in [0.05, 0.1) is 5.69 Å². The van der Waals surface area contributed by atoms with Gasteiger partial charge in [-0.25, -0.2) is 4.39 Å². The number of aromatic nitrogens is 1. The van der Waals surface area contributed by atoms with Crippen LogP contribution in [0.15, 0.2) is 36.5 Å². The van der Waals surface area contributed by atoms with E-state index in [-0.39, 0.29) is 5.82 Å². The zero-order chi connectivity index (χ0) is 11.7. The van der Waals surface area contributed by atoms with Crippen LogP contribution in [0.4, 0.5) is 4.39 Å². The van der Waals surface area contributed by atoms with E-state index in [1.807, 2.05) is 29.9 Å². The number of aryl methyl sites for hydroxylation is 2. The number of nitrogens with zero attached hydrogens (tertiary/aromatic N) is 1. The van der Waals surface area contributed by atoms with E-state index in [9.17, 15) is 9.50 Å². The minimum absolute atomic E-state index is 0.277. The Morgan fingerprint density at radius 2 is 2.06 bits per heavy atom. The Morgan fingerprint density at radius 3 is 2.62 bits per heavy atom. The van der Waals surface area contributed by atoms with Crippen LogP contribution in [0.2, 0.25) is 0 Å². The third-order valence-electron chi connectivity index (χ3n) is 2.79. The zero-order valence-corrected chi connectivity index (χ0v) is 9.31. The first-order valence-electron chi connectivity index (χ1n) is 5.15. The van der Waals surface area contributed by atoms with Gasteiger partial charge in [0, 0.05) is 13.2 Å². The zero-order valence-electron chi connectivity index (χ0n) is 9.31. The number of aliphatic hydroxyl groups is 1. The average molecular weight is 219 g/mol. The van der Waals surface area contributed by atoms with Crippen molar-refractivity contribution in [3.63, 3.8) is 0 Å². The van der Waals surface area contributed by atoms with Crippen LogP contribution in [0.3, 0.4) is 0 Å². The molecule has 0 aliphatic carbocycles. The average Bonchev–Trinajstić information content (AvgIpc) is 2.63. The number of aliphatic hydroxyl groups excluding tert-OH is 1. The highest BCUT2D eigenvalue weighted by Crippen LogP contribution is 2.25. The number of benzene rings is 1. The first-order valence-corrected chi connectivity index (χ1v) is 5.15. The second kappa shape index (κ2) is 4.10. The van der Waals surface area contributed by atoms with Gasteiger partial charge in [0.2, 0.25) is 0 Å². The topological polar surface area (TPSA) is 25.2 Å². The van der Waals surface area contributed by atoms with Crippen molar-refractivity contribution >= 4 is 0 Å². The molecule has 2 nitrogen and oxygen atoms in total. The smallest absolute Gasteiger partial charge is 0.123 e. The largest absolute Gasteiger partial charge is 0.382 e. The highest BCUT2D eigenvalue weighted by molar-refractivity contribution is 5.33. The summed E-state index contributed by atoms with van der Waals surface area (Å²) in [5.41, 5.74) is 2.30. The first-order chi connectivity index (χ1) is 7.59. The lowest BCUT2D eigenvalue weighted by atomic mass is 10.0. The molecule has 1 aromatic heterocycles. The molecule has 1 heterocycles. The summed E-state index contributed by atoms with van der Waals surface area (Å²) in [6.07, 6.45) is 1.16. The molecule has 0 radical (unpaired) electrons. The summed E-state index contributed by atoms with van der Waals surface area (Å²) in [7, 11) is 1.87. The fourth-order valence-electron chi connectivity index (χ4n) is 1.86. The molecule has 2 rings (SSSR count). The number of halogens is 1. The number of hydrogen-bond acceptors (Lipinski definition) is 1. The molecule has 3 heteroatoms. The Hall–Kier alpha value is -1.61. The fraction of sp³-hybridized carbons (Fsp3) is 0.231. The Kier molecular flexibility index (Phi) is 2.79. The van der Waals surface area contributed by atoms with Crippen molar-refractivity contribution in [3.8, 4) is 0 Å². The lowest BCUT2D eigenvalue weighted by molar-refractivity contribution is 0.210. The van der Waals surface area contributed by atoms with E-state index in [0.29, 0.717) is 0 Å². The molecule has 1 atom stereocenters. The molecule has 0 amide bonds. The van der Waals surface area contributed by atoms with Gasteiger partial charge in [-0.2, -0.15) is 0 Å². The van der Waals surface area contributed by atoms with Crippen molar-refractivity contribution in [3.05, 3.63) is 59.2 Å². The molecule has 16 heavy (non-hydrogen) atoms. The second-order valence-corrected chi connectivity index (χ2v) is 3.95. The Labute approximate surface area is 94.0 Å². The Bertz CT molecular complexity index is 504. The predicted octanol–water partition coefficient (Wildman–Crippen LogP) is 2.55. The van der Waals surface area contributed by atoms with Crippen molar-refractivity contribution < 1.29 is 9.50 Å². The molecule has 0 saturated carbocycles. The van der Waals surface area contributed by atoms with Gasteiger partial charge >= 0.3 is 0 Å². The van der Waals surface area contributed by atoms with Crippen LogP contribution in [0.25, 0.3) is 0 Å². The fourth-order valence-corrected chi connectivity index (χ4v) is 1.86. The lowest BCUT2D eigenvalue weighted by Crippen LogP contribution is -2.06. The first kappa shape index (κ1) is 10.9. The van der Waals surface area contributed by atoms with Gasteiger partial charge in [-0.05, 0) is 42.3 Å². The van der Waals surface area contributed by atoms with Crippen molar-refractivity contribution in [2.75, 3.05) is 0 Å². The van der Waals surface area contributed by atoms with Gasteiger partial charge in [0.15, 0.2) is 0 Å². The second-order valence-electron chi connectivity index (χ2n) is 3.95. The maximum atomic E-state index is 12.9. The highest BCUT2D eigenvalue weighted by Gasteiger charge is 2.15. The van der Waals surface area contributed by atoms with Gasteiger partial charge in [0.1, 0.15) is 11.9 Å². The molecule has 0 aliphatic rings. The van der Waals surface area contributed by atoms with Crippen LogP contribution < -0.4 is 0 Å². The third kappa shape index (κ3) is 1.86. The van der Waals surface area contributed by atoms with E-state index >= 15 is 0 Å². The van der Waals surface area contributed by atoms with Crippen molar-refractivity contribution in [1.82, 2.24) is 4.57 Å². The summed E-state index contributed by atoms with van der Waals surface area (Å²) in [6, 6.07) is 8.16. The monoisotopic (exact) mass is 219 g/mol. The van der Waals surface area contributed by atoms with Crippen LogP contribution in [-0.4, -0.2) is 9.67 Å². The molecule has 84 valence electrons. The molecular formula is C13H14FNO. The molecule has 0 saturated heterocycles. The van der Waals surface area contributed by atoms with Crippen molar-refractivity contribution in [2.24, 2.45) is 7.05 Å². The molecule has 0 unspecified atom stereocenters. The van der Waals surface area contributed by atoms with E-state index in [1.54, 1.807) is 13.0 Å². The van der Waals surface area contributed by atoms with Crippen LogP contribution in [0, 0.1) is 12.7 Å². The standard InChI is InChI=1S/C13H14FNO/c1-9-8-10(14)5-6-11(9)13(16)12-4-3-7-15(12)2/h3-8,13,16H,1-2H3/t13-/m1/s1. The molecule has 1 N–H and O–H groups in total. The molecule has 0 spiro atoms. The number of hydrogen-bond donors (Lipinski definition) is 1. The summed E-state index contributed by atoms with van der Waals surface area (Å²) in [5, 5.41) is 10.2. The van der Waals surface area contributed by atoms with Gasteiger partial charge < -0.3 is 9.67 Å². The number of rotatable bonds is 2. The summed E-state index contributed by atoms with van der Waals surface area (Å²) < 4.78 is 14.8. The summed E-state index contributed by atoms with van der Waals surface area (Å²) in [6.45, 7) is 1.80. The summed E-state index contributed by atoms with van der Waals surface area (Å²) in [5.74, 6) is -0.277. The SMILES string of the molecule is Cc1cc(F)ccc1[C@@H](O)c1cccn1C. The summed E-state index contributed by atoms with van der Waals surface area (Å²) >= 11 is 0. The quantitative estimate of drug-likeness (QED) is 0.825. The molecule has 0 fully saturated rings. The van der Waals surface area contributed by atoms with E-state index in [1.165, 1.54) is 12.1 Å². The minimum Gasteiger partial charge on any atom is -0.382 e. The van der Waals surface area contributed by atoms with Crippen molar-refractivity contribution in [1.29, 1.82) is 0 Å². The van der Waals surface area contributed by atoms with Gasteiger partial charge in [-0.1, -0.05) is 6.07 Å². The van der Waals surface area contributed by atoms with Crippen LogP contribution in [0.5, 0.6) is 0 Å². The van der Waals surface area contributed by atoms with E-state index < -0.39 is 6.10 Å². The van der Waals surface area contributed by atoms with Gasteiger partial charge in [-0.3, -0.25) is 0 Å². The van der Waals surface area contributed by atoms with Crippen LogP contribution in [0.1, 0.15) is 22.9 Å². The predicted molar refractivity (Wildman–Crippen MR) is 60.6 cm³/mol. The van der Waals surface area contributed by atoms with Crippen LogP contribution in [-0.2, 0) is 7.05 Å². The van der Waals surface area contributed by atoms with E-state index in [2.05, 4.69) is 0 Å². The van der Waals surface area contributed by atoms with E-state index in [0.717, 1.165) is 16.8 Å². The Morgan fingerprint density at radius 1 is 1.31 bits per heavy atom. The molecule has 1 aromatic carbocycles.